The monoisotopic (exact) mass is 248 g/mol. The number of carbonyl (C=O) groups is 1. The zero-order valence-corrected chi connectivity index (χ0v) is 10.7. The maximum Gasteiger partial charge on any atom is 0.239 e. The number of phenols is 1. The minimum Gasteiger partial charge on any atom is -0.508 e. The van der Waals surface area contributed by atoms with E-state index in [2.05, 4.69) is 0 Å². The molecule has 1 aliphatic heterocycles. The molecule has 1 atom stereocenters. The molecule has 2 rings (SSSR count). The Hall–Kier alpha value is -1.55. The largest absolute Gasteiger partial charge is 0.508 e. The number of carbonyl (C=O) groups excluding carboxylic acids is 1. The molecular formula is C14H20N2O2. The van der Waals surface area contributed by atoms with Crippen molar-refractivity contribution in [2.45, 2.75) is 38.8 Å². The Morgan fingerprint density at radius 2 is 2.28 bits per heavy atom. The van der Waals surface area contributed by atoms with Gasteiger partial charge in [0.2, 0.25) is 5.91 Å². The van der Waals surface area contributed by atoms with Crippen LogP contribution in [0, 0.1) is 0 Å². The first kappa shape index (κ1) is 12.9. The lowest BCUT2D eigenvalue weighted by atomic mass is 9.98. The topological polar surface area (TPSA) is 66.6 Å². The van der Waals surface area contributed by atoms with E-state index < -0.39 is 6.04 Å². The van der Waals surface area contributed by atoms with Gasteiger partial charge in [-0.3, -0.25) is 4.79 Å². The summed E-state index contributed by atoms with van der Waals surface area (Å²) in [5, 5.41) is 9.48. The van der Waals surface area contributed by atoms with Gasteiger partial charge in [-0.2, -0.15) is 0 Å². The van der Waals surface area contributed by atoms with Gasteiger partial charge < -0.3 is 15.7 Å². The summed E-state index contributed by atoms with van der Waals surface area (Å²) < 4.78 is 0. The third-order valence-electron chi connectivity index (χ3n) is 3.43. The molecule has 3 N–H and O–H groups in total. The zero-order valence-electron chi connectivity index (χ0n) is 10.7. The maximum atomic E-state index is 12.1. The molecule has 1 aliphatic rings. The van der Waals surface area contributed by atoms with E-state index in [1.165, 1.54) is 5.56 Å². The summed E-state index contributed by atoms with van der Waals surface area (Å²) in [5.41, 5.74) is 8.10. The first-order valence-corrected chi connectivity index (χ1v) is 6.47. The quantitative estimate of drug-likeness (QED) is 0.849. The summed E-state index contributed by atoms with van der Waals surface area (Å²) >= 11 is 0. The summed E-state index contributed by atoms with van der Waals surface area (Å²) in [5.74, 6) is 0.270. The number of phenolic OH excluding ortho intramolecular Hbond substituents is 1. The number of hydrogen-bond acceptors (Lipinski definition) is 3. The van der Waals surface area contributed by atoms with Gasteiger partial charge in [-0.25, -0.2) is 0 Å². The molecule has 0 radical (unpaired) electrons. The first-order valence-electron chi connectivity index (χ1n) is 6.47. The fraction of sp³-hybridized carbons (Fsp3) is 0.500. The van der Waals surface area contributed by atoms with Gasteiger partial charge in [0.15, 0.2) is 0 Å². The first-order chi connectivity index (χ1) is 8.61. The van der Waals surface area contributed by atoms with E-state index in [0.29, 0.717) is 13.1 Å². The van der Waals surface area contributed by atoms with Gasteiger partial charge in [0, 0.05) is 13.1 Å². The molecule has 1 amide bonds. The number of benzene rings is 1. The molecule has 0 unspecified atom stereocenters. The van der Waals surface area contributed by atoms with Crippen molar-refractivity contribution >= 4 is 5.91 Å². The Kier molecular flexibility index (Phi) is 3.87. The number of aromatic hydroxyl groups is 1. The normalized spacial score (nSPS) is 16.2. The predicted octanol–water partition coefficient (Wildman–Crippen LogP) is 1.40. The zero-order chi connectivity index (χ0) is 13.1. The molecule has 1 aromatic carbocycles. The van der Waals surface area contributed by atoms with Crippen LogP contribution in [0.15, 0.2) is 18.2 Å². The lowest BCUT2D eigenvalue weighted by molar-refractivity contribution is -0.133. The molecule has 4 heteroatoms. The average molecular weight is 248 g/mol. The van der Waals surface area contributed by atoms with Crippen LogP contribution in [0.25, 0.3) is 0 Å². The van der Waals surface area contributed by atoms with Crippen LogP contribution in [0.3, 0.4) is 0 Å². The van der Waals surface area contributed by atoms with Crippen LogP contribution in [0.1, 0.15) is 30.9 Å². The molecule has 4 nitrogen and oxygen atoms in total. The molecule has 0 bridgehead atoms. The predicted molar refractivity (Wildman–Crippen MR) is 70.1 cm³/mol. The average Bonchev–Trinajstić information content (AvgIpc) is 2.37. The van der Waals surface area contributed by atoms with Crippen molar-refractivity contribution in [3.8, 4) is 5.75 Å². The number of rotatable bonds is 3. The number of nitrogens with two attached hydrogens (primary N) is 1. The van der Waals surface area contributed by atoms with Crippen LogP contribution in [0.5, 0.6) is 5.75 Å². The fourth-order valence-electron chi connectivity index (χ4n) is 2.40. The van der Waals surface area contributed by atoms with Crippen LogP contribution in [-0.2, 0) is 17.8 Å². The van der Waals surface area contributed by atoms with Crippen LogP contribution in [0.2, 0.25) is 0 Å². The highest BCUT2D eigenvalue weighted by atomic mass is 16.3. The van der Waals surface area contributed by atoms with E-state index >= 15 is 0 Å². The molecule has 0 aliphatic carbocycles. The van der Waals surface area contributed by atoms with Crippen molar-refractivity contribution in [2.24, 2.45) is 5.73 Å². The van der Waals surface area contributed by atoms with Crippen molar-refractivity contribution in [1.29, 1.82) is 0 Å². The summed E-state index contributed by atoms with van der Waals surface area (Å²) in [6.45, 7) is 3.30. The van der Waals surface area contributed by atoms with E-state index in [9.17, 15) is 9.90 Å². The summed E-state index contributed by atoms with van der Waals surface area (Å²) in [6, 6.07) is 4.96. The Labute approximate surface area is 107 Å². The second-order valence-corrected chi connectivity index (χ2v) is 4.86. The van der Waals surface area contributed by atoms with Gasteiger partial charge in [0.25, 0.3) is 0 Å². The minimum absolute atomic E-state index is 0.0193. The SMILES string of the molecule is CCC[C@H](N)C(=O)N1CCc2ccc(O)cc2C1. The number of nitrogens with zero attached hydrogens (tertiary/aromatic N) is 1. The highest BCUT2D eigenvalue weighted by molar-refractivity contribution is 5.81. The molecule has 1 heterocycles. The fourth-order valence-corrected chi connectivity index (χ4v) is 2.40. The Morgan fingerprint density at radius 1 is 1.50 bits per heavy atom. The number of amides is 1. The van der Waals surface area contributed by atoms with Gasteiger partial charge >= 0.3 is 0 Å². The number of fused-ring (bicyclic) bond motifs is 1. The molecule has 0 saturated carbocycles. The molecular weight excluding hydrogens is 228 g/mol. The van der Waals surface area contributed by atoms with E-state index in [0.717, 1.165) is 24.8 Å². The van der Waals surface area contributed by atoms with Crippen molar-refractivity contribution in [3.05, 3.63) is 29.3 Å². The van der Waals surface area contributed by atoms with Gasteiger partial charge in [0.05, 0.1) is 6.04 Å². The molecule has 0 aromatic heterocycles. The maximum absolute atomic E-state index is 12.1. The molecule has 0 saturated heterocycles. The minimum atomic E-state index is -0.395. The van der Waals surface area contributed by atoms with Crippen LogP contribution >= 0.6 is 0 Å². The second kappa shape index (κ2) is 5.40. The molecule has 18 heavy (non-hydrogen) atoms. The van der Waals surface area contributed by atoms with Crippen LogP contribution in [-0.4, -0.2) is 28.5 Å². The smallest absolute Gasteiger partial charge is 0.239 e. The summed E-state index contributed by atoms with van der Waals surface area (Å²) in [6.07, 6.45) is 2.47. The highest BCUT2D eigenvalue weighted by Gasteiger charge is 2.24. The van der Waals surface area contributed by atoms with E-state index in [-0.39, 0.29) is 11.7 Å². The van der Waals surface area contributed by atoms with Crippen molar-refractivity contribution in [2.75, 3.05) is 6.54 Å². The highest BCUT2D eigenvalue weighted by Crippen LogP contribution is 2.23. The standard InChI is InChI=1S/C14H20N2O2/c1-2-3-13(15)14(18)16-7-6-10-4-5-12(17)8-11(10)9-16/h4-5,8,13,17H,2-3,6-7,9,15H2,1H3/t13-/m0/s1. The molecule has 1 aromatic rings. The van der Waals surface area contributed by atoms with Crippen LogP contribution in [0.4, 0.5) is 0 Å². The van der Waals surface area contributed by atoms with Gasteiger partial charge in [0.1, 0.15) is 5.75 Å². The van der Waals surface area contributed by atoms with Gasteiger partial charge in [-0.1, -0.05) is 19.4 Å². The van der Waals surface area contributed by atoms with Gasteiger partial charge in [-0.15, -0.1) is 0 Å². The number of hydrogen-bond donors (Lipinski definition) is 2. The van der Waals surface area contributed by atoms with E-state index in [1.54, 1.807) is 17.0 Å². The van der Waals surface area contributed by atoms with Crippen molar-refractivity contribution in [3.63, 3.8) is 0 Å². The Balaban J connectivity index is 2.09. The second-order valence-electron chi connectivity index (χ2n) is 4.86. The lowest BCUT2D eigenvalue weighted by Gasteiger charge is -2.30. The van der Waals surface area contributed by atoms with Crippen molar-refractivity contribution in [1.82, 2.24) is 4.90 Å². The van der Waals surface area contributed by atoms with E-state index in [1.807, 2.05) is 13.0 Å². The third-order valence-corrected chi connectivity index (χ3v) is 3.43. The third kappa shape index (κ3) is 2.64. The van der Waals surface area contributed by atoms with E-state index in [4.69, 9.17) is 5.73 Å². The summed E-state index contributed by atoms with van der Waals surface area (Å²) in [4.78, 5) is 13.9. The Morgan fingerprint density at radius 3 is 3.00 bits per heavy atom. The lowest BCUT2D eigenvalue weighted by Crippen LogP contribution is -2.45. The van der Waals surface area contributed by atoms with Crippen molar-refractivity contribution < 1.29 is 9.90 Å². The summed E-state index contributed by atoms with van der Waals surface area (Å²) in [7, 11) is 0. The molecule has 0 spiro atoms. The molecule has 98 valence electrons. The van der Waals surface area contributed by atoms with Gasteiger partial charge in [-0.05, 0) is 36.1 Å². The Bertz CT molecular complexity index is 445. The molecule has 0 fully saturated rings. The van der Waals surface area contributed by atoms with Crippen LogP contribution < -0.4 is 5.73 Å².